The van der Waals surface area contributed by atoms with E-state index in [1.165, 1.54) is 0 Å². The molecule has 0 saturated heterocycles. The van der Waals surface area contributed by atoms with Crippen molar-refractivity contribution < 1.29 is 12.3 Å². The summed E-state index contributed by atoms with van der Waals surface area (Å²) in [5, 5.41) is -1.26. The van der Waals surface area contributed by atoms with Gasteiger partial charge < -0.3 is 0 Å². The zero-order valence-corrected chi connectivity index (χ0v) is 6.68. The average Bonchev–Trinajstić information content (AvgIpc) is 1.65. The van der Waals surface area contributed by atoms with Crippen LogP contribution in [0, 0.1) is 0 Å². The maximum atomic E-state index is 11.9. The fraction of sp³-hybridized carbons (Fsp3) is 1.00. The Kier molecular flexibility index (Phi) is 3.77. The Balaban J connectivity index is 4.14. The van der Waals surface area contributed by atoms with Crippen molar-refractivity contribution in [3.8, 4) is 0 Å². The molecule has 0 aliphatic rings. The molecule has 0 aromatic carbocycles. The summed E-state index contributed by atoms with van der Waals surface area (Å²) in [6.07, 6.45) is 0. The first-order valence-corrected chi connectivity index (χ1v) is 4.59. The molecule has 0 atom stereocenters. The molecular weight excluding hydrogens is 190 g/mol. The van der Waals surface area contributed by atoms with Gasteiger partial charge in [-0.15, -0.1) is 27.1 Å². The third-order valence-corrected chi connectivity index (χ3v) is 2.98. The third-order valence-electron chi connectivity index (χ3n) is 0.742. The molecule has 0 rings (SSSR count). The van der Waals surface area contributed by atoms with Gasteiger partial charge in [-0.05, 0) is 0 Å². The van der Waals surface area contributed by atoms with Gasteiger partial charge >= 0.3 is 10.2 Å². The van der Waals surface area contributed by atoms with E-state index in [4.69, 9.17) is 23.2 Å². The van der Waals surface area contributed by atoms with Crippen LogP contribution < -0.4 is 0 Å². The number of hydrogen-bond acceptors (Lipinski definition) is 2. The Labute approximate surface area is 63.2 Å². The largest absolute Gasteiger partial charge is 0.307 e. The quantitative estimate of drug-likeness (QED) is 0.499. The second kappa shape index (κ2) is 3.58. The predicted octanol–water partition coefficient (Wildman–Crippen LogP) is 1.13. The highest BCUT2D eigenvalue weighted by atomic mass is 35.5. The first-order valence-electron chi connectivity index (χ1n) is 2.07. The van der Waals surface area contributed by atoms with Crippen LogP contribution in [0.15, 0.2) is 0 Å². The van der Waals surface area contributed by atoms with Crippen molar-refractivity contribution in [1.82, 2.24) is 0 Å². The van der Waals surface area contributed by atoms with E-state index in [2.05, 4.69) is 0 Å². The molecule has 0 aromatic heterocycles. The monoisotopic (exact) mass is 194 g/mol. The lowest BCUT2D eigenvalue weighted by atomic mass is 10.6. The molecule has 0 bridgehead atoms. The van der Waals surface area contributed by atoms with Gasteiger partial charge in [-0.2, -0.15) is 8.42 Å². The van der Waals surface area contributed by atoms with Gasteiger partial charge in [0, 0.05) is 11.8 Å². The minimum Gasteiger partial charge on any atom is -0.194 e. The van der Waals surface area contributed by atoms with Crippen LogP contribution in [0.3, 0.4) is 0 Å². The van der Waals surface area contributed by atoms with Gasteiger partial charge in [0.15, 0.2) is 0 Å². The molecule has 0 aromatic rings. The van der Waals surface area contributed by atoms with Gasteiger partial charge in [-0.25, -0.2) is 0 Å². The first kappa shape index (κ1) is 9.46. The van der Waals surface area contributed by atoms with Crippen molar-refractivity contribution in [2.75, 3.05) is 11.8 Å². The van der Waals surface area contributed by atoms with Crippen molar-refractivity contribution in [3.63, 3.8) is 0 Å². The lowest BCUT2D eigenvalue weighted by molar-refractivity contribution is 0.543. The lowest BCUT2D eigenvalue weighted by Crippen LogP contribution is -2.20. The third kappa shape index (κ3) is 3.23. The van der Waals surface area contributed by atoms with Crippen LogP contribution in [0.4, 0.5) is 3.89 Å². The van der Waals surface area contributed by atoms with Crippen LogP contribution in [0.5, 0.6) is 0 Å². The fourth-order valence-corrected chi connectivity index (χ4v) is 1.73. The van der Waals surface area contributed by atoms with E-state index in [9.17, 15) is 12.3 Å². The molecule has 0 aliphatic carbocycles. The first-order chi connectivity index (χ1) is 4.02. The van der Waals surface area contributed by atoms with Crippen LogP contribution in [-0.2, 0) is 10.2 Å². The Morgan fingerprint density at radius 1 is 1.33 bits per heavy atom. The normalized spacial score (nSPS) is 12.4. The summed E-state index contributed by atoms with van der Waals surface area (Å²) in [6, 6.07) is 0. The summed E-state index contributed by atoms with van der Waals surface area (Å²) in [4.78, 5) is 0. The summed E-state index contributed by atoms with van der Waals surface area (Å²) in [6.45, 7) is 0. The molecule has 56 valence electrons. The molecule has 0 radical (unpaired) electrons. The number of alkyl halides is 2. The smallest absolute Gasteiger partial charge is 0.194 e. The van der Waals surface area contributed by atoms with Crippen LogP contribution >= 0.6 is 23.2 Å². The van der Waals surface area contributed by atoms with Crippen molar-refractivity contribution in [2.45, 2.75) is 5.25 Å². The van der Waals surface area contributed by atoms with Gasteiger partial charge in [-0.1, -0.05) is 0 Å². The zero-order chi connectivity index (χ0) is 7.49. The van der Waals surface area contributed by atoms with Gasteiger partial charge in [0.25, 0.3) is 0 Å². The lowest BCUT2D eigenvalue weighted by Gasteiger charge is -2.01. The molecule has 9 heavy (non-hydrogen) atoms. The molecule has 6 heteroatoms. The summed E-state index contributed by atoms with van der Waals surface area (Å²) < 4.78 is 31.8. The van der Waals surface area contributed by atoms with E-state index in [0.29, 0.717) is 0 Å². The van der Waals surface area contributed by atoms with Crippen LogP contribution in [0.25, 0.3) is 0 Å². The molecule has 0 heterocycles. The van der Waals surface area contributed by atoms with Crippen molar-refractivity contribution >= 4 is 33.4 Å². The van der Waals surface area contributed by atoms with Crippen molar-refractivity contribution in [3.05, 3.63) is 0 Å². The summed E-state index contributed by atoms with van der Waals surface area (Å²) >= 11 is 10.1. The molecule has 0 spiro atoms. The van der Waals surface area contributed by atoms with Gasteiger partial charge in [0.2, 0.25) is 0 Å². The molecule has 0 fully saturated rings. The highest BCUT2D eigenvalue weighted by molar-refractivity contribution is 7.87. The highest BCUT2D eigenvalue weighted by Gasteiger charge is 2.22. The zero-order valence-electron chi connectivity index (χ0n) is 4.35. The second-order valence-corrected chi connectivity index (χ2v) is 3.64. The summed E-state index contributed by atoms with van der Waals surface area (Å²) in [5.41, 5.74) is 0. The van der Waals surface area contributed by atoms with Crippen molar-refractivity contribution in [1.29, 1.82) is 0 Å². The van der Waals surface area contributed by atoms with E-state index in [-0.39, 0.29) is 11.8 Å². The maximum Gasteiger partial charge on any atom is 0.307 e. The number of hydrogen-bond donors (Lipinski definition) is 0. The topological polar surface area (TPSA) is 34.1 Å². The van der Waals surface area contributed by atoms with E-state index in [1.807, 2.05) is 0 Å². The minimum absolute atomic E-state index is 0.303. The molecular formula is C3H5Cl2FO2S. The maximum absolute atomic E-state index is 11.9. The SMILES string of the molecule is O=S(=O)(F)C(CCl)CCl. The Hall–Kier alpha value is 0.460. The van der Waals surface area contributed by atoms with E-state index in [1.54, 1.807) is 0 Å². The van der Waals surface area contributed by atoms with E-state index < -0.39 is 15.5 Å². The molecule has 0 saturated carbocycles. The van der Waals surface area contributed by atoms with Crippen LogP contribution in [0.2, 0.25) is 0 Å². The summed E-state index contributed by atoms with van der Waals surface area (Å²) in [5.74, 6) is -0.606. The van der Waals surface area contributed by atoms with Gasteiger partial charge in [-0.3, -0.25) is 0 Å². The minimum atomic E-state index is -4.53. The van der Waals surface area contributed by atoms with Crippen LogP contribution in [-0.4, -0.2) is 25.4 Å². The van der Waals surface area contributed by atoms with Crippen molar-refractivity contribution in [2.24, 2.45) is 0 Å². The standard InChI is InChI=1S/C3H5Cl2FO2S/c4-1-3(2-5)9(6,7)8/h3H,1-2H2. The van der Waals surface area contributed by atoms with Gasteiger partial charge in [0.05, 0.1) is 0 Å². The highest BCUT2D eigenvalue weighted by Crippen LogP contribution is 2.07. The second-order valence-electron chi connectivity index (χ2n) is 1.41. The van der Waals surface area contributed by atoms with Crippen LogP contribution in [0.1, 0.15) is 0 Å². The fourth-order valence-electron chi connectivity index (χ4n) is 0.192. The Bertz CT molecular complexity index is 163. The van der Waals surface area contributed by atoms with Gasteiger partial charge in [0.1, 0.15) is 5.25 Å². The van der Waals surface area contributed by atoms with E-state index >= 15 is 0 Å². The Morgan fingerprint density at radius 2 is 1.67 bits per heavy atom. The number of halogens is 3. The molecule has 0 aliphatic heterocycles. The summed E-state index contributed by atoms with van der Waals surface area (Å²) in [7, 11) is -4.53. The molecule has 0 amide bonds. The Morgan fingerprint density at radius 3 is 1.67 bits per heavy atom. The van der Waals surface area contributed by atoms with E-state index in [0.717, 1.165) is 0 Å². The number of rotatable bonds is 3. The molecule has 0 unspecified atom stereocenters. The molecule has 2 nitrogen and oxygen atoms in total. The predicted molar refractivity (Wildman–Crippen MR) is 35.3 cm³/mol. The average molecular weight is 195 g/mol. The molecule has 0 N–H and O–H groups in total.